The highest BCUT2D eigenvalue weighted by Crippen LogP contribution is 2.14. The summed E-state index contributed by atoms with van der Waals surface area (Å²) in [6, 6.07) is 0. The fourth-order valence-corrected chi connectivity index (χ4v) is 1.62. The zero-order valence-corrected chi connectivity index (χ0v) is 7.92. The fourth-order valence-electron chi connectivity index (χ4n) is 1.62. The van der Waals surface area contributed by atoms with Crippen molar-refractivity contribution in [3.8, 4) is 11.8 Å². The van der Waals surface area contributed by atoms with Crippen molar-refractivity contribution in [3.05, 3.63) is 0 Å². The van der Waals surface area contributed by atoms with Crippen LogP contribution >= 0.6 is 0 Å². The van der Waals surface area contributed by atoms with Gasteiger partial charge in [-0.1, -0.05) is 12.8 Å². The average molecular weight is 181 g/mol. The second kappa shape index (κ2) is 4.88. The predicted molar refractivity (Wildman–Crippen MR) is 50.2 cm³/mol. The van der Waals surface area contributed by atoms with E-state index in [0.717, 1.165) is 32.5 Å². The van der Waals surface area contributed by atoms with Gasteiger partial charge in [-0.3, -0.25) is 0 Å². The Morgan fingerprint density at radius 1 is 1.69 bits per heavy atom. The van der Waals surface area contributed by atoms with Crippen LogP contribution in [0, 0.1) is 17.8 Å². The molecule has 0 amide bonds. The number of piperidine rings is 1. The van der Waals surface area contributed by atoms with Crippen LogP contribution in [0.3, 0.4) is 0 Å². The summed E-state index contributed by atoms with van der Waals surface area (Å²) in [5.74, 6) is 4.23. The van der Waals surface area contributed by atoms with Crippen molar-refractivity contribution in [1.82, 2.24) is 4.90 Å². The number of likely N-dealkylation sites (tertiary alicyclic amines) is 1. The maximum absolute atomic E-state index is 10.2. The molecule has 0 radical (unpaired) electrons. The maximum Gasteiger partial charge on any atom is 0.381 e. The first-order valence-corrected chi connectivity index (χ1v) is 4.69. The van der Waals surface area contributed by atoms with Crippen LogP contribution in [-0.4, -0.2) is 35.6 Å². The van der Waals surface area contributed by atoms with Crippen molar-refractivity contribution < 1.29 is 9.90 Å². The Kier molecular flexibility index (Phi) is 3.78. The second-order valence-electron chi connectivity index (χ2n) is 3.31. The SMILES string of the molecule is CCN1CCCC(C#CC(=O)O)C1. The zero-order chi connectivity index (χ0) is 9.68. The number of hydrogen-bond donors (Lipinski definition) is 1. The van der Waals surface area contributed by atoms with E-state index in [9.17, 15) is 4.79 Å². The molecule has 1 atom stereocenters. The minimum atomic E-state index is -1.02. The number of carboxylic acids is 1. The van der Waals surface area contributed by atoms with Crippen molar-refractivity contribution in [2.24, 2.45) is 5.92 Å². The molecule has 0 saturated carbocycles. The molecule has 0 aromatic rings. The third-order valence-corrected chi connectivity index (χ3v) is 2.34. The lowest BCUT2D eigenvalue weighted by Gasteiger charge is -2.28. The van der Waals surface area contributed by atoms with Crippen LogP contribution in [0.25, 0.3) is 0 Å². The zero-order valence-electron chi connectivity index (χ0n) is 7.92. The van der Waals surface area contributed by atoms with Gasteiger partial charge in [0.05, 0.1) is 0 Å². The monoisotopic (exact) mass is 181 g/mol. The van der Waals surface area contributed by atoms with Crippen molar-refractivity contribution in [2.45, 2.75) is 19.8 Å². The molecule has 1 unspecified atom stereocenters. The first kappa shape index (κ1) is 10.1. The lowest BCUT2D eigenvalue weighted by atomic mass is 9.99. The number of rotatable bonds is 1. The van der Waals surface area contributed by atoms with Gasteiger partial charge in [0, 0.05) is 18.4 Å². The molecule has 0 bridgehead atoms. The topological polar surface area (TPSA) is 40.5 Å². The molecule has 1 rings (SSSR count). The molecule has 3 heteroatoms. The molecule has 72 valence electrons. The largest absolute Gasteiger partial charge is 0.472 e. The first-order valence-electron chi connectivity index (χ1n) is 4.69. The number of carboxylic acid groups (broad SMARTS) is 1. The van der Waals surface area contributed by atoms with E-state index in [1.807, 2.05) is 0 Å². The van der Waals surface area contributed by atoms with Crippen LogP contribution in [-0.2, 0) is 4.79 Å². The van der Waals surface area contributed by atoms with Crippen molar-refractivity contribution in [2.75, 3.05) is 19.6 Å². The smallest absolute Gasteiger partial charge is 0.381 e. The third-order valence-electron chi connectivity index (χ3n) is 2.34. The molecule has 0 aromatic carbocycles. The molecule has 13 heavy (non-hydrogen) atoms. The number of carbonyl (C=O) groups is 1. The normalized spacial score (nSPS) is 23.3. The van der Waals surface area contributed by atoms with Gasteiger partial charge in [-0.2, -0.15) is 0 Å². The molecule has 0 aromatic heterocycles. The summed E-state index contributed by atoms with van der Waals surface area (Å²) in [6.07, 6.45) is 2.17. The molecule has 0 spiro atoms. The van der Waals surface area contributed by atoms with Gasteiger partial charge < -0.3 is 10.0 Å². The standard InChI is InChI=1S/C10H15NO2/c1-2-11-7-3-4-9(8-11)5-6-10(12)13/h9H,2-4,7-8H2,1H3,(H,12,13). The summed E-state index contributed by atoms with van der Waals surface area (Å²) < 4.78 is 0. The van der Waals surface area contributed by atoms with Gasteiger partial charge in [-0.05, 0) is 25.9 Å². The Morgan fingerprint density at radius 3 is 3.08 bits per heavy atom. The Balaban J connectivity index is 2.44. The van der Waals surface area contributed by atoms with Crippen LogP contribution in [0.5, 0.6) is 0 Å². The minimum Gasteiger partial charge on any atom is -0.472 e. The van der Waals surface area contributed by atoms with Crippen LogP contribution < -0.4 is 0 Å². The Hall–Kier alpha value is -1.01. The number of nitrogens with zero attached hydrogens (tertiary/aromatic N) is 1. The Labute approximate surface area is 78.7 Å². The van der Waals surface area contributed by atoms with E-state index in [0.29, 0.717) is 0 Å². The molecule has 1 fully saturated rings. The van der Waals surface area contributed by atoms with E-state index in [4.69, 9.17) is 5.11 Å². The fraction of sp³-hybridized carbons (Fsp3) is 0.700. The minimum absolute atomic E-state index is 0.254. The quantitative estimate of drug-likeness (QED) is 0.608. The highest BCUT2D eigenvalue weighted by Gasteiger charge is 2.16. The van der Waals surface area contributed by atoms with Crippen molar-refractivity contribution >= 4 is 5.97 Å². The molecule has 3 nitrogen and oxygen atoms in total. The van der Waals surface area contributed by atoms with Gasteiger partial charge >= 0.3 is 5.97 Å². The van der Waals surface area contributed by atoms with Crippen LogP contribution in [0.1, 0.15) is 19.8 Å². The average Bonchev–Trinajstić information content (AvgIpc) is 2.15. The number of hydrogen-bond acceptors (Lipinski definition) is 2. The van der Waals surface area contributed by atoms with Crippen molar-refractivity contribution in [3.63, 3.8) is 0 Å². The predicted octanol–water partition coefficient (Wildman–Crippen LogP) is 0.806. The first-order chi connectivity index (χ1) is 6.22. The van der Waals surface area contributed by atoms with E-state index < -0.39 is 5.97 Å². The molecule has 1 N–H and O–H groups in total. The summed E-state index contributed by atoms with van der Waals surface area (Å²) in [4.78, 5) is 12.5. The van der Waals surface area contributed by atoms with Crippen LogP contribution in [0.15, 0.2) is 0 Å². The second-order valence-corrected chi connectivity index (χ2v) is 3.31. The van der Waals surface area contributed by atoms with E-state index >= 15 is 0 Å². The van der Waals surface area contributed by atoms with E-state index in [-0.39, 0.29) is 5.92 Å². The van der Waals surface area contributed by atoms with E-state index in [2.05, 4.69) is 23.7 Å². The molecular formula is C10H15NO2. The van der Waals surface area contributed by atoms with Gasteiger partial charge in [-0.25, -0.2) is 4.79 Å². The van der Waals surface area contributed by atoms with E-state index in [1.165, 1.54) is 0 Å². The van der Waals surface area contributed by atoms with Gasteiger partial charge in [0.1, 0.15) is 0 Å². The van der Waals surface area contributed by atoms with Gasteiger partial charge in [0.15, 0.2) is 0 Å². The van der Waals surface area contributed by atoms with Gasteiger partial charge in [-0.15, -0.1) is 0 Å². The van der Waals surface area contributed by atoms with Crippen molar-refractivity contribution in [1.29, 1.82) is 0 Å². The van der Waals surface area contributed by atoms with Gasteiger partial charge in [0.25, 0.3) is 0 Å². The molecule has 1 heterocycles. The molecule has 1 saturated heterocycles. The van der Waals surface area contributed by atoms with Crippen LogP contribution in [0.4, 0.5) is 0 Å². The lowest BCUT2D eigenvalue weighted by Crippen LogP contribution is -2.34. The number of aliphatic carboxylic acids is 1. The molecular weight excluding hydrogens is 166 g/mol. The summed E-state index contributed by atoms with van der Waals surface area (Å²) >= 11 is 0. The van der Waals surface area contributed by atoms with E-state index in [1.54, 1.807) is 0 Å². The Morgan fingerprint density at radius 2 is 2.46 bits per heavy atom. The maximum atomic E-state index is 10.2. The Bertz CT molecular complexity index is 239. The van der Waals surface area contributed by atoms with Crippen LogP contribution in [0.2, 0.25) is 0 Å². The highest BCUT2D eigenvalue weighted by atomic mass is 16.4. The molecule has 1 aliphatic rings. The molecule has 1 aliphatic heterocycles. The third kappa shape index (κ3) is 3.47. The highest BCUT2D eigenvalue weighted by molar-refractivity contribution is 5.86. The summed E-state index contributed by atoms with van der Waals surface area (Å²) in [5, 5.41) is 8.38. The summed E-state index contributed by atoms with van der Waals surface area (Å²) in [5.41, 5.74) is 0. The lowest BCUT2D eigenvalue weighted by molar-refractivity contribution is -0.130. The van der Waals surface area contributed by atoms with Gasteiger partial charge in [0.2, 0.25) is 0 Å². The summed E-state index contributed by atoms with van der Waals surface area (Å²) in [6.45, 7) is 5.21. The molecule has 0 aliphatic carbocycles. The summed E-state index contributed by atoms with van der Waals surface area (Å²) in [7, 11) is 0.